The summed E-state index contributed by atoms with van der Waals surface area (Å²) < 4.78 is 11.7. The van der Waals surface area contributed by atoms with Crippen molar-refractivity contribution in [3.8, 4) is 11.8 Å². The van der Waals surface area contributed by atoms with Crippen LogP contribution >= 0.6 is 24.8 Å². The van der Waals surface area contributed by atoms with E-state index in [1.54, 1.807) is 0 Å². The number of fused-ring (bicyclic) bond motifs is 1. The fourth-order valence-corrected chi connectivity index (χ4v) is 5.11. The highest BCUT2D eigenvalue weighted by atomic mass is 35.5. The van der Waals surface area contributed by atoms with E-state index in [1.807, 2.05) is 14.1 Å². The molecule has 2 aliphatic carbocycles. The molecule has 1 aliphatic heterocycles. The zero-order valence-electron chi connectivity index (χ0n) is 21.5. The average Bonchev–Trinajstić information content (AvgIpc) is 3.54. The zero-order valence-corrected chi connectivity index (χ0v) is 23.1. The number of nitrogens with one attached hydrogen (secondary N) is 1. The summed E-state index contributed by atoms with van der Waals surface area (Å²) in [7, 11) is 3.75. The van der Waals surface area contributed by atoms with Gasteiger partial charge in [0.15, 0.2) is 5.58 Å². The maximum atomic E-state index is 9.49. The summed E-state index contributed by atoms with van der Waals surface area (Å²) in [6.07, 6.45) is 10.6. The number of halogens is 2. The lowest BCUT2D eigenvalue weighted by atomic mass is 9.69. The van der Waals surface area contributed by atoms with Crippen LogP contribution in [0.3, 0.4) is 0 Å². The average molecular weight is 526 g/mol. The van der Waals surface area contributed by atoms with E-state index in [1.165, 1.54) is 32.1 Å². The van der Waals surface area contributed by atoms with Crippen LogP contribution in [0, 0.1) is 35.5 Å². The van der Waals surface area contributed by atoms with Gasteiger partial charge in [0.05, 0.1) is 23.8 Å². The molecule has 5 rings (SSSR count). The molecule has 2 aromatic rings. The van der Waals surface area contributed by atoms with Gasteiger partial charge < -0.3 is 19.5 Å². The predicted molar refractivity (Wildman–Crippen MR) is 146 cm³/mol. The molecule has 196 valence electrons. The van der Waals surface area contributed by atoms with Crippen LogP contribution in [0.1, 0.15) is 62.6 Å². The molecule has 35 heavy (non-hydrogen) atoms. The Kier molecular flexibility index (Phi) is 11.6. The van der Waals surface area contributed by atoms with E-state index >= 15 is 0 Å². The van der Waals surface area contributed by atoms with Gasteiger partial charge in [-0.3, -0.25) is 0 Å². The molecule has 1 N–H and O–H groups in total. The van der Waals surface area contributed by atoms with Gasteiger partial charge in [-0.15, -0.1) is 24.8 Å². The molecule has 2 heterocycles. The summed E-state index contributed by atoms with van der Waals surface area (Å²) in [5.41, 5.74) is 3.01. The van der Waals surface area contributed by atoms with Crippen molar-refractivity contribution in [2.24, 2.45) is 17.3 Å². The van der Waals surface area contributed by atoms with Crippen molar-refractivity contribution in [2.75, 3.05) is 40.3 Å². The Morgan fingerprint density at radius 2 is 1.83 bits per heavy atom. The summed E-state index contributed by atoms with van der Waals surface area (Å²) in [5, 5.41) is 17.8. The van der Waals surface area contributed by atoms with Crippen LogP contribution in [0.2, 0.25) is 0 Å². The van der Waals surface area contributed by atoms with Gasteiger partial charge in [-0.1, -0.05) is 11.6 Å². The number of aryl methyl sites for hydroxylation is 2. The third-order valence-electron chi connectivity index (χ3n) is 7.66. The number of benzene rings is 1. The Morgan fingerprint density at radius 3 is 2.40 bits per heavy atom. The minimum absolute atomic E-state index is 0. The smallest absolute Gasteiger partial charge is 0.173 e. The summed E-state index contributed by atoms with van der Waals surface area (Å²) in [6.45, 7) is 6.14. The molecule has 0 amide bonds. The molecule has 1 saturated heterocycles. The Bertz CT molecular complexity index is 958. The molecule has 3 aliphatic rings. The first kappa shape index (κ1) is 29.7. The molecule has 2 saturated carbocycles. The number of rotatable bonds is 8. The number of aromatic nitrogens is 1. The predicted octanol–water partition coefficient (Wildman–Crippen LogP) is 5.94. The van der Waals surface area contributed by atoms with Gasteiger partial charge in [-0.2, -0.15) is 5.26 Å². The van der Waals surface area contributed by atoms with Gasteiger partial charge in [0.1, 0.15) is 5.75 Å². The highest BCUT2D eigenvalue weighted by molar-refractivity contribution is 5.86. The van der Waals surface area contributed by atoms with E-state index in [-0.39, 0.29) is 30.2 Å². The molecular formula is C27H42Cl2N4O2. The molecular weight excluding hydrogens is 483 g/mol. The largest absolute Gasteiger partial charge is 0.493 e. The van der Waals surface area contributed by atoms with Gasteiger partial charge in [-0.05, 0) is 109 Å². The summed E-state index contributed by atoms with van der Waals surface area (Å²) >= 11 is 0. The quantitative estimate of drug-likeness (QED) is 0.460. The number of ether oxygens (including phenoxy) is 1. The Hall–Kier alpha value is -1.52. The highest BCUT2D eigenvalue weighted by Crippen LogP contribution is 2.41. The molecule has 0 radical (unpaired) electrons. The first-order valence-electron chi connectivity index (χ1n) is 12.8. The van der Waals surface area contributed by atoms with E-state index in [0.717, 1.165) is 91.7 Å². The lowest BCUT2D eigenvalue weighted by molar-refractivity contribution is 0.0895. The Balaban J connectivity index is 0.000000823. The fourth-order valence-electron chi connectivity index (χ4n) is 5.11. The Morgan fingerprint density at radius 1 is 1.14 bits per heavy atom. The van der Waals surface area contributed by atoms with Crippen LogP contribution in [0.15, 0.2) is 16.7 Å². The van der Waals surface area contributed by atoms with Crippen molar-refractivity contribution in [1.29, 1.82) is 5.26 Å². The number of nitriles is 1. The molecule has 0 unspecified atom stereocenters. The van der Waals surface area contributed by atoms with Crippen LogP contribution in [0.4, 0.5) is 0 Å². The minimum Gasteiger partial charge on any atom is -0.493 e. The van der Waals surface area contributed by atoms with Crippen molar-refractivity contribution in [3.05, 3.63) is 23.4 Å². The van der Waals surface area contributed by atoms with Crippen molar-refractivity contribution in [1.82, 2.24) is 15.4 Å². The Labute approximate surface area is 222 Å². The molecule has 0 spiro atoms. The number of piperidine rings is 1. The number of hydrogen-bond donors (Lipinski definition) is 1. The number of hydrogen-bond acceptors (Lipinski definition) is 6. The van der Waals surface area contributed by atoms with E-state index in [2.05, 4.69) is 40.5 Å². The minimum atomic E-state index is -0.0362. The molecule has 0 bridgehead atoms. The summed E-state index contributed by atoms with van der Waals surface area (Å²) in [6, 6.07) is 6.80. The lowest BCUT2D eigenvalue weighted by Crippen LogP contribution is -2.44. The lowest BCUT2D eigenvalue weighted by Gasteiger charge is -2.42. The van der Waals surface area contributed by atoms with Gasteiger partial charge >= 0.3 is 0 Å². The van der Waals surface area contributed by atoms with E-state index in [0.29, 0.717) is 0 Å². The van der Waals surface area contributed by atoms with Gasteiger partial charge in [0.2, 0.25) is 0 Å². The van der Waals surface area contributed by atoms with Crippen molar-refractivity contribution in [3.63, 3.8) is 0 Å². The molecule has 0 atom stereocenters. The number of nitrogens with zero attached hydrogens (tertiary/aromatic N) is 3. The van der Waals surface area contributed by atoms with Crippen molar-refractivity contribution in [2.45, 2.75) is 64.7 Å². The van der Waals surface area contributed by atoms with E-state index < -0.39 is 0 Å². The second-order valence-corrected chi connectivity index (χ2v) is 10.5. The van der Waals surface area contributed by atoms with Crippen LogP contribution in [0.5, 0.6) is 5.75 Å². The van der Waals surface area contributed by atoms with Crippen LogP contribution in [0.25, 0.3) is 11.0 Å². The molecule has 1 aromatic carbocycles. The molecule has 1 aromatic heterocycles. The highest BCUT2D eigenvalue weighted by Gasteiger charge is 2.39. The SMILES string of the molecule is CNC.Cc1c(OCC2CC2)ccc2c(CCC3CCN(CC4(C#N)CCC4)CC3)noc12.Cl.Cl. The fraction of sp³-hybridized carbons (Fsp3) is 0.704. The maximum absolute atomic E-state index is 9.49. The van der Waals surface area contributed by atoms with Gasteiger partial charge in [0, 0.05) is 17.5 Å². The first-order valence-corrected chi connectivity index (χ1v) is 12.8. The molecule has 8 heteroatoms. The third kappa shape index (κ3) is 7.49. The molecule has 3 fully saturated rings. The van der Waals surface area contributed by atoms with Gasteiger partial charge in [-0.25, -0.2) is 0 Å². The zero-order chi connectivity index (χ0) is 23.3. The number of likely N-dealkylation sites (tertiary alicyclic amines) is 1. The second-order valence-electron chi connectivity index (χ2n) is 10.5. The summed E-state index contributed by atoms with van der Waals surface area (Å²) in [5.74, 6) is 2.43. The van der Waals surface area contributed by atoms with Gasteiger partial charge in [0.25, 0.3) is 0 Å². The van der Waals surface area contributed by atoms with E-state index in [9.17, 15) is 5.26 Å². The monoisotopic (exact) mass is 524 g/mol. The first-order chi connectivity index (χ1) is 16.1. The maximum Gasteiger partial charge on any atom is 0.173 e. The van der Waals surface area contributed by atoms with E-state index in [4.69, 9.17) is 9.26 Å². The van der Waals surface area contributed by atoms with Crippen LogP contribution in [-0.4, -0.2) is 50.4 Å². The third-order valence-corrected chi connectivity index (χ3v) is 7.66. The topological polar surface area (TPSA) is 74.3 Å². The van der Waals surface area contributed by atoms with Crippen LogP contribution < -0.4 is 10.1 Å². The van der Waals surface area contributed by atoms with Crippen molar-refractivity contribution < 1.29 is 9.26 Å². The van der Waals surface area contributed by atoms with Crippen LogP contribution in [-0.2, 0) is 6.42 Å². The summed E-state index contributed by atoms with van der Waals surface area (Å²) in [4.78, 5) is 2.52. The second kappa shape index (κ2) is 13.7. The van der Waals surface area contributed by atoms with Crippen molar-refractivity contribution >= 4 is 35.8 Å². The normalized spacial score (nSPS) is 19.4. The molecule has 6 nitrogen and oxygen atoms in total. The standard InChI is InChI=1S/C25H33N3O2.C2H7N.2ClH/c1-18-23(29-15-20-3-4-20)8-6-21-22(27-30-24(18)21)7-5-19-9-13-28(14-10-19)17-25(16-26)11-2-12-25;1-3-2;;/h6,8,19-20H,2-5,7,9-15,17H2,1H3;3H,1-2H3;2*1H.